The highest BCUT2D eigenvalue weighted by atomic mass is 32.2. The molecule has 1 aromatic rings. The van der Waals surface area contributed by atoms with Crippen molar-refractivity contribution < 1.29 is 32.4 Å². The first-order valence-corrected chi connectivity index (χ1v) is 19.4. The number of likely N-dealkylation sites (tertiary alicyclic amines) is 1. The standard InChI is InChI=1S/C36H55N5O7S/c1-23(2)25-20-28(32(44)38-27(29(42)31(37)43)19-24-13-12-14-24)41(21-25)33(45)30(35(3,4)5)39-34(46)40-36(17-10-7-11-18-36)22-49(47,48)26-15-8-6-9-16-26/h6,8-9,15-16,23-25,27-28,30H,7,10-14,17-22H2,1-5H3,(H2,37,43)(H,38,44)(H2,39,40,46)/t25?,27?,28-,30+/m0/s1. The third-order valence-corrected chi connectivity index (χ3v) is 12.6. The number of benzene rings is 1. The number of Topliss-reactive ketones (excluding diaryl/α,β-unsaturated/α-hetero) is 1. The molecule has 2 saturated carbocycles. The van der Waals surface area contributed by atoms with Gasteiger partial charge in [0.05, 0.1) is 22.2 Å². The van der Waals surface area contributed by atoms with Gasteiger partial charge in [0.15, 0.2) is 9.84 Å². The van der Waals surface area contributed by atoms with Crippen molar-refractivity contribution >= 4 is 39.4 Å². The molecule has 2 aliphatic carbocycles. The van der Waals surface area contributed by atoms with E-state index in [0.717, 1.165) is 38.5 Å². The summed E-state index contributed by atoms with van der Waals surface area (Å²) in [6.45, 7) is 9.76. The Balaban J connectivity index is 1.55. The number of sulfone groups is 1. The third-order valence-electron chi connectivity index (χ3n) is 10.7. The van der Waals surface area contributed by atoms with Crippen LogP contribution in [-0.2, 0) is 29.0 Å². The summed E-state index contributed by atoms with van der Waals surface area (Å²) in [5, 5.41) is 8.61. The minimum absolute atomic E-state index is 0.0141. The van der Waals surface area contributed by atoms with Crippen molar-refractivity contribution in [3.05, 3.63) is 30.3 Å². The van der Waals surface area contributed by atoms with Crippen LogP contribution in [0.3, 0.4) is 0 Å². The van der Waals surface area contributed by atoms with Gasteiger partial charge in [-0.3, -0.25) is 19.2 Å². The molecule has 1 heterocycles. The molecular formula is C36H55N5O7S. The summed E-state index contributed by atoms with van der Waals surface area (Å²) in [7, 11) is -3.72. The van der Waals surface area contributed by atoms with Gasteiger partial charge in [-0.1, -0.05) is 91.3 Å². The Hall–Kier alpha value is -3.48. The Morgan fingerprint density at radius 1 is 0.959 bits per heavy atom. The van der Waals surface area contributed by atoms with Crippen molar-refractivity contribution in [2.24, 2.45) is 28.9 Å². The zero-order valence-electron chi connectivity index (χ0n) is 29.6. The SMILES string of the molecule is CC(C)C1C[C@@H](C(=O)NC(CC2CCC2)C(=O)C(N)=O)N(C(=O)[C@@H](NC(=O)NC2(CS(=O)(=O)c3ccccc3)CCCCC2)C(C)(C)C)C1. The minimum Gasteiger partial charge on any atom is -0.363 e. The molecule has 272 valence electrons. The zero-order valence-corrected chi connectivity index (χ0v) is 30.4. The van der Waals surface area contributed by atoms with Gasteiger partial charge in [-0.25, -0.2) is 13.2 Å². The van der Waals surface area contributed by atoms with E-state index in [1.54, 1.807) is 30.3 Å². The second-order valence-electron chi connectivity index (χ2n) is 15.9. The topological polar surface area (TPSA) is 185 Å². The number of hydrogen-bond acceptors (Lipinski definition) is 7. The van der Waals surface area contributed by atoms with E-state index in [1.807, 2.05) is 34.6 Å². The van der Waals surface area contributed by atoms with Crippen LogP contribution in [0.1, 0.15) is 98.8 Å². The number of nitrogens with zero attached hydrogens (tertiary/aromatic N) is 1. The van der Waals surface area contributed by atoms with Crippen molar-refractivity contribution in [3.8, 4) is 0 Å². The van der Waals surface area contributed by atoms with Crippen LogP contribution in [0, 0.1) is 23.2 Å². The molecular weight excluding hydrogens is 646 g/mol. The molecule has 1 saturated heterocycles. The largest absolute Gasteiger partial charge is 0.363 e. The molecule has 12 nitrogen and oxygen atoms in total. The van der Waals surface area contributed by atoms with Crippen LogP contribution in [0.4, 0.5) is 4.79 Å². The molecule has 5 N–H and O–H groups in total. The van der Waals surface area contributed by atoms with Gasteiger partial charge in [0.1, 0.15) is 12.1 Å². The maximum absolute atomic E-state index is 14.4. The van der Waals surface area contributed by atoms with Crippen LogP contribution in [0.5, 0.6) is 0 Å². The number of amides is 5. The molecule has 3 aliphatic rings. The van der Waals surface area contributed by atoms with Crippen LogP contribution in [-0.4, -0.2) is 78.8 Å². The van der Waals surface area contributed by atoms with E-state index in [4.69, 9.17) is 5.73 Å². The number of hydrogen-bond donors (Lipinski definition) is 4. The Morgan fingerprint density at radius 3 is 2.12 bits per heavy atom. The number of rotatable bonds is 13. The molecule has 4 rings (SSSR count). The fourth-order valence-electron chi connectivity index (χ4n) is 7.41. The molecule has 5 amide bonds. The Labute approximate surface area is 291 Å². The molecule has 49 heavy (non-hydrogen) atoms. The first-order chi connectivity index (χ1) is 22.9. The average molecular weight is 702 g/mol. The molecule has 0 spiro atoms. The first kappa shape index (κ1) is 38.3. The lowest BCUT2D eigenvalue weighted by Gasteiger charge is -2.40. The lowest BCUT2D eigenvalue weighted by molar-refractivity contribution is -0.143. The van der Waals surface area contributed by atoms with Gasteiger partial charge in [-0.15, -0.1) is 0 Å². The summed E-state index contributed by atoms with van der Waals surface area (Å²) in [5.74, 6) is -2.86. The molecule has 3 fully saturated rings. The van der Waals surface area contributed by atoms with E-state index in [0.29, 0.717) is 25.7 Å². The number of primary amides is 1. The predicted molar refractivity (Wildman–Crippen MR) is 186 cm³/mol. The van der Waals surface area contributed by atoms with Crippen LogP contribution < -0.4 is 21.7 Å². The Morgan fingerprint density at radius 2 is 1.59 bits per heavy atom. The fourth-order valence-corrected chi connectivity index (χ4v) is 9.23. The molecule has 13 heteroatoms. The van der Waals surface area contributed by atoms with E-state index < -0.39 is 68.5 Å². The number of carbonyl (C=O) groups excluding carboxylic acids is 5. The van der Waals surface area contributed by atoms with Gasteiger partial charge in [0.25, 0.3) is 5.91 Å². The number of carbonyl (C=O) groups is 5. The highest BCUT2D eigenvalue weighted by Crippen LogP contribution is 2.35. The second kappa shape index (κ2) is 15.6. The van der Waals surface area contributed by atoms with Crippen LogP contribution in [0.15, 0.2) is 35.2 Å². The second-order valence-corrected chi connectivity index (χ2v) is 17.9. The number of nitrogens with one attached hydrogen (secondary N) is 3. The van der Waals surface area contributed by atoms with Crippen LogP contribution in [0.2, 0.25) is 0 Å². The molecule has 4 atom stereocenters. The number of urea groups is 1. The van der Waals surface area contributed by atoms with Gasteiger partial charge in [-0.2, -0.15) is 0 Å². The number of nitrogens with two attached hydrogens (primary N) is 1. The van der Waals surface area contributed by atoms with Crippen molar-refractivity contribution in [3.63, 3.8) is 0 Å². The summed E-state index contributed by atoms with van der Waals surface area (Å²) in [4.78, 5) is 68.3. The van der Waals surface area contributed by atoms with Crippen LogP contribution >= 0.6 is 0 Å². The lowest BCUT2D eigenvalue weighted by atomic mass is 9.80. The maximum atomic E-state index is 14.4. The van der Waals surface area contributed by atoms with Crippen molar-refractivity contribution in [2.75, 3.05) is 12.3 Å². The average Bonchev–Trinajstić information content (AvgIpc) is 3.46. The van der Waals surface area contributed by atoms with E-state index in [-0.39, 0.29) is 34.9 Å². The van der Waals surface area contributed by atoms with Gasteiger partial charge in [0.2, 0.25) is 17.6 Å². The summed E-state index contributed by atoms with van der Waals surface area (Å²) in [6, 6.07) is 4.49. The summed E-state index contributed by atoms with van der Waals surface area (Å²) < 4.78 is 26.9. The zero-order chi connectivity index (χ0) is 36.1. The number of ketones is 1. The van der Waals surface area contributed by atoms with Crippen LogP contribution in [0.25, 0.3) is 0 Å². The summed E-state index contributed by atoms with van der Waals surface area (Å²) in [5.41, 5.74) is 3.54. The third kappa shape index (κ3) is 9.61. The highest BCUT2D eigenvalue weighted by molar-refractivity contribution is 7.91. The predicted octanol–water partition coefficient (Wildman–Crippen LogP) is 3.48. The van der Waals surface area contributed by atoms with E-state index in [1.165, 1.54) is 4.90 Å². The monoisotopic (exact) mass is 701 g/mol. The van der Waals surface area contributed by atoms with Crippen molar-refractivity contribution in [1.29, 1.82) is 0 Å². The fraction of sp³-hybridized carbons (Fsp3) is 0.694. The summed E-state index contributed by atoms with van der Waals surface area (Å²) >= 11 is 0. The molecule has 1 aromatic carbocycles. The Bertz CT molecular complexity index is 1480. The molecule has 0 aromatic heterocycles. The summed E-state index contributed by atoms with van der Waals surface area (Å²) in [6.07, 6.45) is 6.92. The smallest absolute Gasteiger partial charge is 0.315 e. The van der Waals surface area contributed by atoms with Gasteiger partial charge in [-0.05, 0) is 61.0 Å². The van der Waals surface area contributed by atoms with E-state index >= 15 is 0 Å². The maximum Gasteiger partial charge on any atom is 0.315 e. The van der Waals surface area contributed by atoms with Gasteiger partial charge in [0, 0.05) is 6.54 Å². The first-order valence-electron chi connectivity index (χ1n) is 17.7. The molecule has 0 bridgehead atoms. The highest BCUT2D eigenvalue weighted by Gasteiger charge is 2.47. The minimum atomic E-state index is -3.72. The van der Waals surface area contributed by atoms with E-state index in [9.17, 15) is 32.4 Å². The quantitative estimate of drug-likeness (QED) is 0.227. The molecule has 1 aliphatic heterocycles. The molecule has 0 radical (unpaired) electrons. The Kier molecular flexibility index (Phi) is 12.2. The van der Waals surface area contributed by atoms with Crippen molar-refractivity contribution in [1.82, 2.24) is 20.9 Å². The van der Waals surface area contributed by atoms with Gasteiger partial charge < -0.3 is 26.6 Å². The molecule has 2 unspecified atom stereocenters. The van der Waals surface area contributed by atoms with Gasteiger partial charge >= 0.3 is 6.03 Å². The lowest BCUT2D eigenvalue weighted by Crippen LogP contribution is -2.63. The van der Waals surface area contributed by atoms with Crippen molar-refractivity contribution in [2.45, 2.75) is 127 Å². The normalized spacial score (nSPS) is 22.4. The van der Waals surface area contributed by atoms with E-state index in [2.05, 4.69) is 16.0 Å².